The van der Waals surface area contributed by atoms with Gasteiger partial charge < -0.3 is 10.1 Å². The van der Waals surface area contributed by atoms with Gasteiger partial charge in [-0.2, -0.15) is 0 Å². The number of hydrogen-bond donors (Lipinski definition) is 2. The number of carboxylic acids is 1. The van der Waals surface area contributed by atoms with Crippen molar-refractivity contribution in [2.45, 2.75) is 20.3 Å². The molecular weight excluding hydrogens is 142 g/mol. The number of aromatic nitrogens is 1. The van der Waals surface area contributed by atoms with Crippen LogP contribution in [0.15, 0.2) is 6.20 Å². The van der Waals surface area contributed by atoms with Crippen molar-refractivity contribution in [1.29, 1.82) is 0 Å². The van der Waals surface area contributed by atoms with Gasteiger partial charge in [0.05, 0.1) is 5.56 Å². The van der Waals surface area contributed by atoms with Gasteiger partial charge in [-0.05, 0) is 18.9 Å². The Kier molecular flexibility index (Phi) is 1.98. The largest absolute Gasteiger partial charge is 0.478 e. The van der Waals surface area contributed by atoms with Gasteiger partial charge in [-0.25, -0.2) is 4.79 Å². The van der Waals surface area contributed by atoms with Crippen LogP contribution in [0.25, 0.3) is 0 Å². The SMILES string of the molecule is CCc1c(C(=O)O)c[nH]c1C. The van der Waals surface area contributed by atoms with Crippen molar-refractivity contribution in [3.63, 3.8) is 0 Å². The molecule has 1 aromatic heterocycles. The van der Waals surface area contributed by atoms with Crippen LogP contribution in [0.1, 0.15) is 28.5 Å². The fraction of sp³-hybridized carbons (Fsp3) is 0.375. The van der Waals surface area contributed by atoms with Gasteiger partial charge in [0, 0.05) is 11.9 Å². The third kappa shape index (κ3) is 1.27. The second-order valence-electron chi connectivity index (χ2n) is 2.46. The number of aromatic carboxylic acids is 1. The van der Waals surface area contributed by atoms with E-state index in [9.17, 15) is 4.79 Å². The molecule has 0 aliphatic heterocycles. The van der Waals surface area contributed by atoms with Crippen LogP contribution >= 0.6 is 0 Å². The third-order valence-corrected chi connectivity index (χ3v) is 1.79. The lowest BCUT2D eigenvalue weighted by Crippen LogP contribution is -1.98. The van der Waals surface area contributed by atoms with Crippen molar-refractivity contribution in [3.8, 4) is 0 Å². The maximum atomic E-state index is 10.6. The zero-order valence-electron chi connectivity index (χ0n) is 6.64. The summed E-state index contributed by atoms with van der Waals surface area (Å²) in [6.07, 6.45) is 2.30. The summed E-state index contributed by atoms with van der Waals surface area (Å²) < 4.78 is 0. The van der Waals surface area contributed by atoms with Crippen LogP contribution in [0.4, 0.5) is 0 Å². The highest BCUT2D eigenvalue weighted by Gasteiger charge is 2.11. The van der Waals surface area contributed by atoms with Crippen molar-refractivity contribution >= 4 is 5.97 Å². The Hall–Kier alpha value is -1.25. The molecule has 0 amide bonds. The molecule has 0 saturated carbocycles. The number of aromatic amines is 1. The number of aryl methyl sites for hydroxylation is 1. The summed E-state index contributed by atoms with van der Waals surface area (Å²) in [7, 11) is 0. The van der Waals surface area contributed by atoms with Crippen molar-refractivity contribution in [1.82, 2.24) is 4.98 Å². The van der Waals surface area contributed by atoms with Gasteiger partial charge in [0.2, 0.25) is 0 Å². The number of carbonyl (C=O) groups is 1. The first-order chi connectivity index (χ1) is 5.16. The van der Waals surface area contributed by atoms with E-state index in [1.165, 1.54) is 6.20 Å². The van der Waals surface area contributed by atoms with Crippen LogP contribution in [0.5, 0.6) is 0 Å². The highest BCUT2D eigenvalue weighted by Crippen LogP contribution is 2.13. The summed E-state index contributed by atoms with van der Waals surface area (Å²) >= 11 is 0. The third-order valence-electron chi connectivity index (χ3n) is 1.79. The predicted octanol–water partition coefficient (Wildman–Crippen LogP) is 1.58. The fourth-order valence-corrected chi connectivity index (χ4v) is 1.20. The standard InChI is InChI=1S/C8H11NO2/c1-3-6-5(2)9-4-7(6)8(10)11/h4,9H,3H2,1-2H3,(H,10,11). The van der Waals surface area contributed by atoms with E-state index in [4.69, 9.17) is 5.11 Å². The van der Waals surface area contributed by atoms with Crippen molar-refractivity contribution in [2.75, 3.05) is 0 Å². The molecule has 0 bridgehead atoms. The zero-order valence-corrected chi connectivity index (χ0v) is 6.64. The summed E-state index contributed by atoms with van der Waals surface area (Å²) in [5, 5.41) is 8.69. The normalized spacial score (nSPS) is 10.0. The maximum absolute atomic E-state index is 10.6. The summed E-state index contributed by atoms with van der Waals surface area (Å²) in [5.74, 6) is -0.855. The minimum Gasteiger partial charge on any atom is -0.478 e. The number of rotatable bonds is 2. The van der Waals surface area contributed by atoms with Crippen molar-refractivity contribution in [3.05, 3.63) is 23.0 Å². The summed E-state index contributed by atoms with van der Waals surface area (Å²) in [6.45, 7) is 3.83. The molecule has 1 rings (SSSR count). The van der Waals surface area contributed by atoms with Gasteiger partial charge in [-0.15, -0.1) is 0 Å². The lowest BCUT2D eigenvalue weighted by Gasteiger charge is -1.95. The molecule has 0 fully saturated rings. The van der Waals surface area contributed by atoms with Gasteiger partial charge in [-0.1, -0.05) is 6.92 Å². The molecule has 0 radical (unpaired) electrons. The molecule has 2 N–H and O–H groups in total. The molecule has 0 saturated heterocycles. The fourth-order valence-electron chi connectivity index (χ4n) is 1.20. The molecule has 0 aliphatic carbocycles. The number of H-pyrrole nitrogens is 1. The number of nitrogens with one attached hydrogen (secondary N) is 1. The van der Waals surface area contributed by atoms with Crippen LogP contribution in [-0.4, -0.2) is 16.1 Å². The molecule has 0 aliphatic rings. The second kappa shape index (κ2) is 2.78. The van der Waals surface area contributed by atoms with E-state index >= 15 is 0 Å². The minimum atomic E-state index is -0.855. The van der Waals surface area contributed by atoms with E-state index in [1.807, 2.05) is 13.8 Å². The molecule has 0 unspecified atom stereocenters. The van der Waals surface area contributed by atoms with Crippen LogP contribution in [0.2, 0.25) is 0 Å². The van der Waals surface area contributed by atoms with E-state index in [2.05, 4.69) is 4.98 Å². The highest BCUT2D eigenvalue weighted by atomic mass is 16.4. The van der Waals surface area contributed by atoms with Gasteiger partial charge >= 0.3 is 5.97 Å². The molecule has 60 valence electrons. The molecule has 3 heteroatoms. The predicted molar refractivity (Wildman–Crippen MR) is 41.9 cm³/mol. The number of carboxylic acid groups (broad SMARTS) is 1. The lowest BCUT2D eigenvalue weighted by atomic mass is 10.1. The molecular formula is C8H11NO2. The van der Waals surface area contributed by atoms with Crippen molar-refractivity contribution < 1.29 is 9.90 Å². The molecule has 1 heterocycles. The maximum Gasteiger partial charge on any atom is 0.337 e. The van der Waals surface area contributed by atoms with Crippen LogP contribution in [0.3, 0.4) is 0 Å². The topological polar surface area (TPSA) is 53.1 Å². The highest BCUT2D eigenvalue weighted by molar-refractivity contribution is 5.89. The van der Waals surface area contributed by atoms with E-state index in [-0.39, 0.29) is 0 Å². The second-order valence-corrected chi connectivity index (χ2v) is 2.46. The van der Waals surface area contributed by atoms with Crippen molar-refractivity contribution in [2.24, 2.45) is 0 Å². The smallest absolute Gasteiger partial charge is 0.337 e. The van der Waals surface area contributed by atoms with Gasteiger partial charge in [0.25, 0.3) is 0 Å². The Balaban J connectivity index is 3.15. The number of hydrogen-bond acceptors (Lipinski definition) is 1. The first kappa shape index (κ1) is 7.85. The monoisotopic (exact) mass is 153 g/mol. The van der Waals surface area contributed by atoms with Gasteiger partial charge in [-0.3, -0.25) is 0 Å². The van der Waals surface area contributed by atoms with Gasteiger partial charge in [0.15, 0.2) is 0 Å². The summed E-state index contributed by atoms with van der Waals surface area (Å²) in [4.78, 5) is 13.5. The average Bonchev–Trinajstić information content (AvgIpc) is 2.30. The Labute approximate surface area is 65.1 Å². The Bertz CT molecular complexity index is 276. The molecule has 1 aromatic rings. The quantitative estimate of drug-likeness (QED) is 0.677. The van der Waals surface area contributed by atoms with Crippen LogP contribution in [0, 0.1) is 6.92 Å². The molecule has 0 aromatic carbocycles. The van der Waals surface area contributed by atoms with Crippen LogP contribution in [-0.2, 0) is 6.42 Å². The van der Waals surface area contributed by atoms with Gasteiger partial charge in [0.1, 0.15) is 0 Å². The first-order valence-corrected chi connectivity index (χ1v) is 3.57. The first-order valence-electron chi connectivity index (χ1n) is 3.57. The average molecular weight is 153 g/mol. The Morgan fingerprint density at radius 1 is 1.73 bits per heavy atom. The van der Waals surface area contributed by atoms with E-state index in [0.29, 0.717) is 5.56 Å². The van der Waals surface area contributed by atoms with E-state index < -0.39 is 5.97 Å². The molecule has 0 atom stereocenters. The molecule has 3 nitrogen and oxygen atoms in total. The zero-order chi connectivity index (χ0) is 8.43. The summed E-state index contributed by atoms with van der Waals surface area (Å²) in [6, 6.07) is 0. The summed E-state index contributed by atoms with van der Waals surface area (Å²) in [5.41, 5.74) is 2.24. The van der Waals surface area contributed by atoms with Crippen LogP contribution < -0.4 is 0 Å². The minimum absolute atomic E-state index is 0.394. The Morgan fingerprint density at radius 3 is 2.73 bits per heavy atom. The molecule has 0 spiro atoms. The van der Waals surface area contributed by atoms with E-state index in [0.717, 1.165) is 17.7 Å². The Morgan fingerprint density at radius 2 is 2.36 bits per heavy atom. The van der Waals surface area contributed by atoms with E-state index in [1.54, 1.807) is 0 Å². The lowest BCUT2D eigenvalue weighted by molar-refractivity contribution is 0.0696. The molecule has 11 heavy (non-hydrogen) atoms.